The van der Waals surface area contributed by atoms with Crippen molar-refractivity contribution in [2.45, 2.75) is 75.8 Å². The minimum Gasteiger partial charge on any atom is -0.444 e. The van der Waals surface area contributed by atoms with Crippen molar-refractivity contribution in [1.29, 1.82) is 0 Å². The van der Waals surface area contributed by atoms with Gasteiger partial charge in [-0.25, -0.2) is 13.6 Å². The summed E-state index contributed by atoms with van der Waals surface area (Å²) in [6, 6.07) is 5.14. The molecule has 0 saturated carbocycles. The Labute approximate surface area is 205 Å². The van der Waals surface area contributed by atoms with Crippen LogP contribution in [-0.2, 0) is 23.8 Å². The lowest BCUT2D eigenvalue weighted by atomic mass is 9.93. The van der Waals surface area contributed by atoms with Crippen LogP contribution in [0.4, 0.5) is 13.6 Å². The van der Waals surface area contributed by atoms with E-state index in [1.165, 1.54) is 17.0 Å². The molecule has 0 radical (unpaired) electrons. The fourth-order valence-electron chi connectivity index (χ4n) is 4.30. The Morgan fingerprint density at radius 2 is 1.71 bits per heavy atom. The van der Waals surface area contributed by atoms with E-state index in [-0.39, 0.29) is 17.4 Å². The molecule has 1 atom stereocenters. The Morgan fingerprint density at radius 1 is 1.11 bits per heavy atom. The molecule has 2 aliphatic heterocycles. The lowest BCUT2D eigenvalue weighted by Crippen LogP contribution is -2.51. The smallest absolute Gasteiger partial charge is 0.411 e. The summed E-state index contributed by atoms with van der Waals surface area (Å²) >= 11 is 0. The van der Waals surface area contributed by atoms with E-state index in [4.69, 9.17) is 8.92 Å². The first-order valence-corrected chi connectivity index (χ1v) is 13.2. The van der Waals surface area contributed by atoms with E-state index in [0.717, 1.165) is 10.5 Å². The van der Waals surface area contributed by atoms with Crippen molar-refractivity contribution in [3.8, 4) is 0 Å². The maximum absolute atomic E-state index is 14.1. The van der Waals surface area contributed by atoms with Gasteiger partial charge < -0.3 is 9.64 Å². The van der Waals surface area contributed by atoms with Gasteiger partial charge in [0.1, 0.15) is 11.6 Å². The number of hydrogen-bond donors (Lipinski definition) is 0. The summed E-state index contributed by atoms with van der Waals surface area (Å²) in [7, 11) is -3.84. The van der Waals surface area contributed by atoms with Crippen molar-refractivity contribution in [3.05, 3.63) is 29.8 Å². The quantitative estimate of drug-likeness (QED) is 0.531. The molecule has 2 saturated heterocycles. The first-order valence-electron chi connectivity index (χ1n) is 11.8. The molecule has 1 aromatic carbocycles. The molecular formula is C24H34F2N2O6S. The van der Waals surface area contributed by atoms with Gasteiger partial charge in [-0.05, 0) is 65.0 Å². The largest absolute Gasteiger partial charge is 0.444 e. The third-order valence-electron chi connectivity index (χ3n) is 6.18. The van der Waals surface area contributed by atoms with E-state index < -0.39 is 52.6 Å². The standard InChI is InChI=1S/C24H34F2N2O6S/c1-17-5-7-19(8-6-17)35(31,32)33-14-11-18-9-12-27(13-10-18)21(29)20-15-24(25,26)16-28(20)22(30)34-23(2,3)4/h5-8,18,20H,9-16H2,1-4H3. The minimum absolute atomic E-state index is 0.0239. The molecule has 1 aromatic rings. The van der Waals surface area contributed by atoms with Crippen LogP contribution in [0.2, 0.25) is 0 Å². The number of carbonyl (C=O) groups is 2. The van der Waals surface area contributed by atoms with Crippen molar-refractivity contribution in [2.75, 3.05) is 26.2 Å². The predicted molar refractivity (Wildman–Crippen MR) is 125 cm³/mol. The van der Waals surface area contributed by atoms with Gasteiger partial charge in [-0.2, -0.15) is 8.42 Å². The van der Waals surface area contributed by atoms with E-state index in [1.54, 1.807) is 32.9 Å². The molecule has 2 heterocycles. The highest BCUT2D eigenvalue weighted by molar-refractivity contribution is 7.86. The van der Waals surface area contributed by atoms with Gasteiger partial charge in [0.05, 0.1) is 18.0 Å². The van der Waals surface area contributed by atoms with Crippen molar-refractivity contribution in [2.24, 2.45) is 5.92 Å². The number of ether oxygens (including phenoxy) is 1. The van der Waals surface area contributed by atoms with Gasteiger partial charge in [0.2, 0.25) is 5.91 Å². The van der Waals surface area contributed by atoms with Crippen LogP contribution in [-0.4, -0.2) is 74.0 Å². The molecule has 2 fully saturated rings. The number of halogens is 2. The van der Waals surface area contributed by atoms with E-state index >= 15 is 0 Å². The van der Waals surface area contributed by atoms with Gasteiger partial charge in [-0.3, -0.25) is 13.9 Å². The van der Waals surface area contributed by atoms with Gasteiger partial charge in [0.15, 0.2) is 0 Å². The summed E-state index contributed by atoms with van der Waals surface area (Å²) in [6.45, 7) is 6.64. The Kier molecular flexibility index (Phi) is 8.10. The maximum atomic E-state index is 14.1. The molecule has 0 spiro atoms. The molecule has 8 nitrogen and oxygen atoms in total. The summed E-state index contributed by atoms with van der Waals surface area (Å²) in [5.41, 5.74) is 0.0800. The van der Waals surface area contributed by atoms with Gasteiger partial charge in [0.25, 0.3) is 16.0 Å². The van der Waals surface area contributed by atoms with Gasteiger partial charge >= 0.3 is 6.09 Å². The first kappa shape index (κ1) is 27.3. The van der Waals surface area contributed by atoms with Crippen LogP contribution in [0, 0.1) is 12.8 Å². The van der Waals surface area contributed by atoms with Crippen LogP contribution >= 0.6 is 0 Å². The topological polar surface area (TPSA) is 93.2 Å². The number of amides is 2. The van der Waals surface area contributed by atoms with E-state index in [0.29, 0.717) is 32.4 Å². The highest BCUT2D eigenvalue weighted by Crippen LogP contribution is 2.35. The molecule has 0 aliphatic carbocycles. The maximum Gasteiger partial charge on any atom is 0.411 e. The van der Waals surface area contributed by atoms with Crippen LogP contribution in [0.5, 0.6) is 0 Å². The molecule has 3 rings (SSSR count). The number of benzene rings is 1. The molecular weight excluding hydrogens is 482 g/mol. The lowest BCUT2D eigenvalue weighted by Gasteiger charge is -2.35. The lowest BCUT2D eigenvalue weighted by molar-refractivity contribution is -0.137. The molecule has 196 valence electrons. The summed E-state index contributed by atoms with van der Waals surface area (Å²) in [5.74, 6) is -3.53. The minimum atomic E-state index is -3.84. The molecule has 2 aliphatic rings. The number of rotatable bonds is 6. The number of piperidine rings is 1. The molecule has 2 amide bonds. The predicted octanol–water partition coefficient (Wildman–Crippen LogP) is 3.97. The van der Waals surface area contributed by atoms with Crippen LogP contribution < -0.4 is 0 Å². The highest BCUT2D eigenvalue weighted by Gasteiger charge is 2.52. The van der Waals surface area contributed by atoms with Crippen molar-refractivity contribution in [3.63, 3.8) is 0 Å². The average molecular weight is 517 g/mol. The van der Waals surface area contributed by atoms with Crippen molar-refractivity contribution >= 4 is 22.1 Å². The Balaban J connectivity index is 1.50. The van der Waals surface area contributed by atoms with Crippen LogP contribution in [0.1, 0.15) is 52.0 Å². The zero-order valence-corrected chi connectivity index (χ0v) is 21.4. The van der Waals surface area contributed by atoms with Gasteiger partial charge in [0, 0.05) is 19.5 Å². The van der Waals surface area contributed by atoms with Crippen LogP contribution in [0.25, 0.3) is 0 Å². The molecule has 0 aromatic heterocycles. The molecule has 1 unspecified atom stereocenters. The number of aryl methyl sites for hydroxylation is 1. The Bertz CT molecular complexity index is 1020. The first-order chi connectivity index (χ1) is 16.2. The van der Waals surface area contributed by atoms with E-state index in [9.17, 15) is 26.8 Å². The zero-order chi connectivity index (χ0) is 26.0. The van der Waals surface area contributed by atoms with Crippen LogP contribution in [0.15, 0.2) is 29.2 Å². The summed E-state index contributed by atoms with van der Waals surface area (Å²) in [5, 5.41) is 0. The highest BCUT2D eigenvalue weighted by atomic mass is 32.2. The second-order valence-corrected chi connectivity index (χ2v) is 11.9. The average Bonchev–Trinajstić information content (AvgIpc) is 3.08. The fourth-order valence-corrected chi connectivity index (χ4v) is 5.22. The number of likely N-dealkylation sites (tertiary alicyclic amines) is 2. The van der Waals surface area contributed by atoms with Gasteiger partial charge in [-0.15, -0.1) is 0 Å². The van der Waals surface area contributed by atoms with Crippen molar-refractivity contribution < 1.29 is 35.7 Å². The van der Waals surface area contributed by atoms with Crippen molar-refractivity contribution in [1.82, 2.24) is 9.80 Å². The second-order valence-electron chi connectivity index (χ2n) is 10.3. The molecule has 0 bridgehead atoms. The third kappa shape index (κ3) is 7.36. The third-order valence-corrected chi connectivity index (χ3v) is 7.51. The van der Waals surface area contributed by atoms with E-state index in [2.05, 4.69) is 0 Å². The van der Waals surface area contributed by atoms with Crippen LogP contribution in [0.3, 0.4) is 0 Å². The number of hydrogen-bond acceptors (Lipinski definition) is 6. The zero-order valence-electron chi connectivity index (χ0n) is 20.6. The monoisotopic (exact) mass is 516 g/mol. The fraction of sp³-hybridized carbons (Fsp3) is 0.667. The number of nitrogens with zero attached hydrogens (tertiary/aromatic N) is 2. The summed E-state index contributed by atoms with van der Waals surface area (Å²) in [4.78, 5) is 27.9. The molecule has 11 heteroatoms. The van der Waals surface area contributed by atoms with Gasteiger partial charge in [-0.1, -0.05) is 17.7 Å². The molecule has 0 N–H and O–H groups in total. The SMILES string of the molecule is Cc1ccc(S(=O)(=O)OCCC2CCN(C(=O)C3CC(F)(F)CN3C(=O)OC(C)(C)C)CC2)cc1. The number of alkyl halides is 2. The Hall–Kier alpha value is -2.27. The Morgan fingerprint density at radius 3 is 2.29 bits per heavy atom. The summed E-state index contributed by atoms with van der Waals surface area (Å²) < 4.78 is 63.3. The number of carbonyl (C=O) groups excluding carboxylic acids is 2. The molecule has 35 heavy (non-hydrogen) atoms. The normalized spacial score (nSPS) is 21.3. The van der Waals surface area contributed by atoms with E-state index in [1.807, 2.05) is 6.92 Å². The second kappa shape index (κ2) is 10.4. The summed E-state index contributed by atoms with van der Waals surface area (Å²) in [6.07, 6.45) is 0.0357.